The molecule has 1 N–H and O–H groups in total. The topological polar surface area (TPSA) is 55.8 Å². The van der Waals surface area contributed by atoms with Crippen LogP contribution in [0.3, 0.4) is 0 Å². The fraction of sp³-hybridized carbons (Fsp3) is 0.357. The van der Waals surface area contributed by atoms with Gasteiger partial charge in [0, 0.05) is 16.2 Å². The Labute approximate surface area is 114 Å². The average Bonchev–Trinajstić information content (AvgIpc) is 2.75. The average molecular weight is 278 g/mol. The number of carboxylic acid groups (broad SMARTS) is 1. The minimum Gasteiger partial charge on any atom is -0.486 e. The lowest BCUT2D eigenvalue weighted by atomic mass is 10.1. The minimum atomic E-state index is -0.857. The first-order valence-corrected chi connectivity index (χ1v) is 7.10. The maximum Gasteiger partial charge on any atom is 0.346 e. The third-order valence-corrected chi connectivity index (χ3v) is 4.33. The summed E-state index contributed by atoms with van der Waals surface area (Å²) in [6, 6.07) is 3.80. The van der Waals surface area contributed by atoms with Crippen molar-refractivity contribution < 1.29 is 19.4 Å². The van der Waals surface area contributed by atoms with Gasteiger partial charge in [-0.25, -0.2) is 4.79 Å². The van der Waals surface area contributed by atoms with Crippen LogP contribution < -0.4 is 9.47 Å². The summed E-state index contributed by atoms with van der Waals surface area (Å²) in [5, 5.41) is 10.3. The maximum absolute atomic E-state index is 11.3. The molecule has 1 aromatic carbocycles. The highest BCUT2D eigenvalue weighted by atomic mass is 32.1. The van der Waals surface area contributed by atoms with Gasteiger partial charge in [0.1, 0.15) is 18.1 Å². The third kappa shape index (κ3) is 2.04. The predicted molar refractivity (Wildman–Crippen MR) is 73.8 cm³/mol. The number of aryl methyl sites for hydroxylation is 1. The molecule has 1 aliphatic rings. The molecular weight excluding hydrogens is 264 g/mol. The van der Waals surface area contributed by atoms with Crippen molar-refractivity contribution in [2.75, 3.05) is 13.2 Å². The Morgan fingerprint density at radius 1 is 1.32 bits per heavy atom. The van der Waals surface area contributed by atoms with Gasteiger partial charge in [0.05, 0.1) is 0 Å². The molecule has 0 spiro atoms. The van der Waals surface area contributed by atoms with E-state index in [1.807, 2.05) is 19.1 Å². The van der Waals surface area contributed by atoms with E-state index in [0.29, 0.717) is 29.6 Å². The summed E-state index contributed by atoms with van der Waals surface area (Å²) in [6.07, 6.45) is 1.68. The molecule has 19 heavy (non-hydrogen) atoms. The van der Waals surface area contributed by atoms with Crippen LogP contribution in [0.5, 0.6) is 11.5 Å². The second kappa shape index (κ2) is 4.74. The summed E-state index contributed by atoms with van der Waals surface area (Å²) in [5.41, 5.74) is 0.909. The molecule has 0 unspecified atom stereocenters. The Morgan fingerprint density at radius 3 is 2.63 bits per heavy atom. The molecule has 2 heterocycles. The molecule has 0 aliphatic carbocycles. The molecule has 0 saturated carbocycles. The van der Waals surface area contributed by atoms with E-state index in [0.717, 1.165) is 28.5 Å². The standard InChI is InChI=1S/C14H14O4S/c1-2-3-8-9-6-10-11(18-5-4-17-10)7-12(9)19-13(8)14(15)16/h6-7H,2-5H2,1H3,(H,15,16). The number of benzene rings is 1. The summed E-state index contributed by atoms with van der Waals surface area (Å²) < 4.78 is 12.1. The lowest BCUT2D eigenvalue weighted by Gasteiger charge is -2.18. The summed E-state index contributed by atoms with van der Waals surface area (Å²) in [5.74, 6) is 0.565. The zero-order chi connectivity index (χ0) is 13.4. The highest BCUT2D eigenvalue weighted by molar-refractivity contribution is 7.21. The zero-order valence-corrected chi connectivity index (χ0v) is 11.4. The Bertz CT molecular complexity index is 644. The van der Waals surface area contributed by atoms with Gasteiger partial charge in [-0.1, -0.05) is 13.3 Å². The molecule has 5 heteroatoms. The number of carbonyl (C=O) groups is 1. The smallest absolute Gasteiger partial charge is 0.346 e. The van der Waals surface area contributed by atoms with Crippen LogP contribution in [-0.2, 0) is 6.42 Å². The number of rotatable bonds is 3. The monoisotopic (exact) mass is 278 g/mol. The van der Waals surface area contributed by atoms with Crippen molar-refractivity contribution in [2.45, 2.75) is 19.8 Å². The predicted octanol–water partition coefficient (Wildman–Crippen LogP) is 3.32. The molecule has 100 valence electrons. The lowest BCUT2D eigenvalue weighted by molar-refractivity contribution is 0.0701. The number of ether oxygens (including phenoxy) is 2. The molecule has 2 aromatic rings. The van der Waals surface area contributed by atoms with Gasteiger partial charge in [0.15, 0.2) is 11.5 Å². The van der Waals surface area contributed by atoms with E-state index < -0.39 is 5.97 Å². The van der Waals surface area contributed by atoms with Crippen LogP contribution in [0.2, 0.25) is 0 Å². The Kier molecular flexibility index (Phi) is 3.06. The van der Waals surface area contributed by atoms with Gasteiger partial charge in [0.25, 0.3) is 0 Å². The quantitative estimate of drug-likeness (QED) is 0.935. The largest absolute Gasteiger partial charge is 0.486 e. The van der Waals surface area contributed by atoms with Crippen molar-refractivity contribution >= 4 is 27.4 Å². The molecule has 0 bridgehead atoms. The second-order valence-electron chi connectivity index (χ2n) is 4.46. The number of aromatic carboxylic acids is 1. The van der Waals surface area contributed by atoms with Crippen LogP contribution in [0, 0.1) is 0 Å². The fourth-order valence-corrected chi connectivity index (χ4v) is 3.46. The van der Waals surface area contributed by atoms with Crippen molar-refractivity contribution in [1.29, 1.82) is 0 Å². The SMILES string of the molecule is CCCc1c(C(=O)O)sc2cc3c(cc12)OCCO3. The first kappa shape index (κ1) is 12.3. The van der Waals surface area contributed by atoms with E-state index in [1.54, 1.807) is 0 Å². The van der Waals surface area contributed by atoms with Crippen molar-refractivity contribution in [2.24, 2.45) is 0 Å². The minimum absolute atomic E-state index is 0.430. The molecule has 0 fully saturated rings. The van der Waals surface area contributed by atoms with Gasteiger partial charge >= 0.3 is 5.97 Å². The van der Waals surface area contributed by atoms with Crippen molar-refractivity contribution in [3.05, 3.63) is 22.6 Å². The van der Waals surface area contributed by atoms with Crippen molar-refractivity contribution in [1.82, 2.24) is 0 Å². The molecular formula is C14H14O4S. The first-order valence-electron chi connectivity index (χ1n) is 6.29. The Morgan fingerprint density at radius 2 is 2.00 bits per heavy atom. The van der Waals surface area contributed by atoms with Crippen LogP contribution >= 0.6 is 11.3 Å². The number of hydrogen-bond acceptors (Lipinski definition) is 4. The normalized spacial score (nSPS) is 13.7. The van der Waals surface area contributed by atoms with Gasteiger partial charge in [0.2, 0.25) is 0 Å². The van der Waals surface area contributed by atoms with Crippen molar-refractivity contribution in [3.63, 3.8) is 0 Å². The van der Waals surface area contributed by atoms with Crippen LogP contribution in [0.15, 0.2) is 12.1 Å². The second-order valence-corrected chi connectivity index (χ2v) is 5.51. The van der Waals surface area contributed by atoms with Gasteiger partial charge in [-0.3, -0.25) is 0 Å². The number of hydrogen-bond donors (Lipinski definition) is 1. The highest BCUT2D eigenvalue weighted by Gasteiger charge is 2.21. The van der Waals surface area contributed by atoms with E-state index in [2.05, 4.69) is 0 Å². The molecule has 0 saturated heterocycles. The number of fused-ring (bicyclic) bond motifs is 2. The summed E-state index contributed by atoms with van der Waals surface area (Å²) in [4.78, 5) is 11.8. The lowest BCUT2D eigenvalue weighted by Crippen LogP contribution is -2.15. The van der Waals surface area contributed by atoms with E-state index in [4.69, 9.17) is 9.47 Å². The fourth-order valence-electron chi connectivity index (χ4n) is 2.36. The molecule has 0 atom stereocenters. The van der Waals surface area contributed by atoms with Crippen LogP contribution in [0.4, 0.5) is 0 Å². The van der Waals surface area contributed by atoms with Crippen LogP contribution in [0.25, 0.3) is 10.1 Å². The zero-order valence-electron chi connectivity index (χ0n) is 10.6. The van der Waals surface area contributed by atoms with Crippen molar-refractivity contribution in [3.8, 4) is 11.5 Å². The molecule has 0 amide bonds. The van der Waals surface area contributed by atoms with E-state index >= 15 is 0 Å². The van der Waals surface area contributed by atoms with E-state index in [9.17, 15) is 9.90 Å². The maximum atomic E-state index is 11.3. The van der Waals surface area contributed by atoms with E-state index in [-0.39, 0.29) is 0 Å². The van der Waals surface area contributed by atoms with E-state index in [1.165, 1.54) is 11.3 Å². The molecule has 0 radical (unpaired) electrons. The molecule has 4 nitrogen and oxygen atoms in total. The third-order valence-electron chi connectivity index (χ3n) is 3.15. The molecule has 1 aromatic heterocycles. The van der Waals surface area contributed by atoms with Gasteiger partial charge in [-0.2, -0.15) is 0 Å². The summed E-state index contributed by atoms with van der Waals surface area (Å²) >= 11 is 1.31. The van der Waals surface area contributed by atoms with Crippen LogP contribution in [0.1, 0.15) is 28.6 Å². The van der Waals surface area contributed by atoms with Crippen LogP contribution in [-0.4, -0.2) is 24.3 Å². The van der Waals surface area contributed by atoms with Gasteiger partial charge < -0.3 is 14.6 Å². The summed E-state index contributed by atoms with van der Waals surface area (Å²) in [6.45, 7) is 3.13. The summed E-state index contributed by atoms with van der Waals surface area (Å²) in [7, 11) is 0. The highest BCUT2D eigenvalue weighted by Crippen LogP contribution is 2.41. The Balaban J connectivity index is 2.23. The van der Waals surface area contributed by atoms with Gasteiger partial charge in [-0.15, -0.1) is 11.3 Å². The molecule has 3 rings (SSSR count). The first-order chi connectivity index (χ1) is 9.20. The molecule has 1 aliphatic heterocycles. The Hall–Kier alpha value is -1.75. The number of thiophene rings is 1. The number of carboxylic acids is 1. The van der Waals surface area contributed by atoms with Gasteiger partial charge in [-0.05, 0) is 18.1 Å².